The molecule has 1 saturated heterocycles. The molecule has 26 heavy (non-hydrogen) atoms. The molecule has 5 nitrogen and oxygen atoms in total. The Labute approximate surface area is 154 Å². The summed E-state index contributed by atoms with van der Waals surface area (Å²) in [6, 6.07) is 9.43. The maximum Gasteiger partial charge on any atom is 0.407 e. The SMILES string of the molecule is CN(C(=O)C1CC2(COC(=O)N2)C1)C1CC(c2cccc(C3CC3)c2)C1. The predicted molar refractivity (Wildman–Crippen MR) is 96.9 cm³/mol. The van der Waals surface area contributed by atoms with Crippen molar-refractivity contribution >= 4 is 12.0 Å². The molecule has 1 heterocycles. The molecule has 3 aliphatic carbocycles. The molecule has 4 fully saturated rings. The van der Waals surface area contributed by atoms with Crippen molar-refractivity contribution in [3.05, 3.63) is 35.4 Å². The zero-order valence-corrected chi connectivity index (χ0v) is 15.2. The second kappa shape index (κ2) is 5.73. The topological polar surface area (TPSA) is 58.6 Å². The van der Waals surface area contributed by atoms with Crippen molar-refractivity contribution in [1.29, 1.82) is 0 Å². The first kappa shape index (κ1) is 16.2. The van der Waals surface area contributed by atoms with E-state index in [9.17, 15) is 9.59 Å². The summed E-state index contributed by atoms with van der Waals surface area (Å²) in [5.41, 5.74) is 2.67. The van der Waals surface area contributed by atoms with Crippen LogP contribution in [0.5, 0.6) is 0 Å². The van der Waals surface area contributed by atoms with Crippen LogP contribution in [0.3, 0.4) is 0 Å². The molecule has 1 aromatic carbocycles. The molecule has 1 N–H and O–H groups in total. The lowest BCUT2D eigenvalue weighted by molar-refractivity contribution is -0.143. The number of rotatable bonds is 4. The first-order chi connectivity index (χ1) is 12.5. The van der Waals surface area contributed by atoms with Gasteiger partial charge in [-0.25, -0.2) is 4.79 Å². The van der Waals surface area contributed by atoms with Gasteiger partial charge in [-0.05, 0) is 61.5 Å². The van der Waals surface area contributed by atoms with Crippen LogP contribution in [0.4, 0.5) is 4.79 Å². The molecule has 1 aliphatic heterocycles. The molecule has 0 aromatic heterocycles. The average molecular weight is 354 g/mol. The van der Waals surface area contributed by atoms with E-state index in [1.165, 1.54) is 24.0 Å². The molecule has 1 aromatic rings. The van der Waals surface area contributed by atoms with Crippen LogP contribution in [-0.2, 0) is 9.53 Å². The quantitative estimate of drug-likeness (QED) is 0.904. The van der Waals surface area contributed by atoms with Crippen molar-refractivity contribution in [2.45, 2.75) is 61.9 Å². The molecule has 1 spiro atoms. The number of alkyl carbamates (subject to hydrolysis) is 1. The fourth-order valence-corrected chi connectivity index (χ4v) is 4.90. The lowest BCUT2D eigenvalue weighted by atomic mass is 9.67. The number of carbonyl (C=O) groups excluding carboxylic acids is 2. The van der Waals surface area contributed by atoms with E-state index in [2.05, 4.69) is 29.6 Å². The van der Waals surface area contributed by atoms with Crippen molar-refractivity contribution in [3.8, 4) is 0 Å². The monoisotopic (exact) mass is 354 g/mol. The molecule has 2 amide bonds. The normalized spacial score (nSPS) is 35.3. The zero-order valence-electron chi connectivity index (χ0n) is 15.2. The third kappa shape index (κ3) is 2.68. The maximum atomic E-state index is 12.7. The van der Waals surface area contributed by atoms with Gasteiger partial charge < -0.3 is 15.0 Å². The summed E-state index contributed by atoms with van der Waals surface area (Å²) in [5, 5.41) is 2.86. The average Bonchev–Trinajstić information content (AvgIpc) is 3.34. The van der Waals surface area contributed by atoms with Gasteiger partial charge in [-0.15, -0.1) is 0 Å². The number of hydrogen-bond donors (Lipinski definition) is 1. The smallest absolute Gasteiger partial charge is 0.407 e. The van der Waals surface area contributed by atoms with Crippen molar-refractivity contribution in [3.63, 3.8) is 0 Å². The second-order valence-corrected chi connectivity index (χ2v) is 8.80. The molecule has 0 atom stereocenters. The highest BCUT2D eigenvalue weighted by molar-refractivity contribution is 5.81. The fourth-order valence-electron chi connectivity index (χ4n) is 4.90. The van der Waals surface area contributed by atoms with Crippen LogP contribution >= 0.6 is 0 Å². The minimum atomic E-state index is -0.348. The van der Waals surface area contributed by atoms with Crippen molar-refractivity contribution < 1.29 is 14.3 Å². The highest BCUT2D eigenvalue weighted by Crippen LogP contribution is 2.46. The van der Waals surface area contributed by atoms with Crippen LogP contribution in [0.15, 0.2) is 24.3 Å². The Kier molecular flexibility index (Phi) is 3.56. The number of carbonyl (C=O) groups is 2. The molecule has 5 rings (SSSR count). The molecular formula is C21H26N2O3. The van der Waals surface area contributed by atoms with Gasteiger partial charge in [-0.3, -0.25) is 4.79 Å². The number of cyclic esters (lactones) is 1. The minimum Gasteiger partial charge on any atom is -0.447 e. The first-order valence-electron chi connectivity index (χ1n) is 9.84. The minimum absolute atomic E-state index is 0.0271. The largest absolute Gasteiger partial charge is 0.447 e. The molecule has 0 unspecified atom stereocenters. The van der Waals surface area contributed by atoms with Crippen LogP contribution in [0, 0.1) is 5.92 Å². The molecule has 0 bridgehead atoms. The van der Waals surface area contributed by atoms with Crippen molar-refractivity contribution in [1.82, 2.24) is 10.2 Å². The third-order valence-electron chi connectivity index (χ3n) is 6.91. The van der Waals surface area contributed by atoms with Gasteiger partial charge in [0.1, 0.15) is 6.61 Å². The number of ether oxygens (including phenoxy) is 1. The van der Waals surface area contributed by atoms with E-state index in [4.69, 9.17) is 4.74 Å². The molecule has 0 radical (unpaired) electrons. The van der Waals surface area contributed by atoms with Crippen LogP contribution in [0.25, 0.3) is 0 Å². The van der Waals surface area contributed by atoms with Crippen LogP contribution in [-0.4, -0.2) is 42.1 Å². The molecule has 138 valence electrons. The van der Waals surface area contributed by atoms with Crippen LogP contribution in [0.1, 0.15) is 61.5 Å². The Morgan fingerprint density at radius 3 is 2.50 bits per heavy atom. The summed E-state index contributed by atoms with van der Waals surface area (Å²) in [7, 11) is 1.94. The van der Waals surface area contributed by atoms with Gasteiger partial charge >= 0.3 is 6.09 Å². The Morgan fingerprint density at radius 1 is 1.19 bits per heavy atom. The van der Waals surface area contributed by atoms with Crippen molar-refractivity contribution in [2.24, 2.45) is 5.92 Å². The Hall–Kier alpha value is -2.04. The van der Waals surface area contributed by atoms with Crippen LogP contribution < -0.4 is 5.32 Å². The van der Waals surface area contributed by atoms with E-state index in [1.807, 2.05) is 11.9 Å². The van der Waals surface area contributed by atoms with Crippen LogP contribution in [0.2, 0.25) is 0 Å². The van der Waals surface area contributed by atoms with E-state index in [0.29, 0.717) is 31.4 Å². The second-order valence-electron chi connectivity index (χ2n) is 8.80. The first-order valence-corrected chi connectivity index (χ1v) is 9.84. The summed E-state index contributed by atoms with van der Waals surface area (Å²) in [6.45, 7) is 0.405. The summed E-state index contributed by atoms with van der Waals surface area (Å²) in [6.07, 6.45) is 5.87. The fraction of sp³-hybridized carbons (Fsp3) is 0.619. The van der Waals surface area contributed by atoms with Gasteiger partial charge in [0.15, 0.2) is 0 Å². The van der Waals surface area contributed by atoms with Gasteiger partial charge in [0.2, 0.25) is 5.91 Å². The number of benzene rings is 1. The van der Waals surface area contributed by atoms with E-state index in [0.717, 1.165) is 18.8 Å². The zero-order chi connectivity index (χ0) is 17.9. The number of amides is 2. The van der Waals surface area contributed by atoms with Gasteiger partial charge in [0, 0.05) is 19.0 Å². The molecule has 3 saturated carbocycles. The van der Waals surface area contributed by atoms with Gasteiger partial charge in [-0.1, -0.05) is 24.3 Å². The summed E-state index contributed by atoms with van der Waals surface area (Å²) >= 11 is 0. The number of nitrogens with one attached hydrogen (secondary N) is 1. The Bertz CT molecular complexity index is 745. The third-order valence-corrected chi connectivity index (χ3v) is 6.91. The lowest BCUT2D eigenvalue weighted by Crippen LogP contribution is -2.59. The number of hydrogen-bond acceptors (Lipinski definition) is 3. The van der Waals surface area contributed by atoms with E-state index < -0.39 is 0 Å². The van der Waals surface area contributed by atoms with Crippen molar-refractivity contribution in [2.75, 3.05) is 13.7 Å². The van der Waals surface area contributed by atoms with Gasteiger partial charge in [0.05, 0.1) is 5.54 Å². The highest BCUT2D eigenvalue weighted by Gasteiger charge is 2.53. The van der Waals surface area contributed by atoms with E-state index in [-0.39, 0.29) is 23.5 Å². The lowest BCUT2D eigenvalue weighted by Gasteiger charge is -2.47. The van der Waals surface area contributed by atoms with E-state index >= 15 is 0 Å². The predicted octanol–water partition coefficient (Wildman–Crippen LogP) is 3.16. The summed E-state index contributed by atoms with van der Waals surface area (Å²) < 4.78 is 5.00. The molecule has 5 heteroatoms. The Balaban J connectivity index is 1.14. The van der Waals surface area contributed by atoms with E-state index in [1.54, 1.807) is 0 Å². The molecular weight excluding hydrogens is 328 g/mol. The number of nitrogens with zero attached hydrogens (tertiary/aromatic N) is 1. The Morgan fingerprint density at radius 2 is 1.88 bits per heavy atom. The summed E-state index contributed by atoms with van der Waals surface area (Å²) in [4.78, 5) is 25.9. The van der Waals surface area contributed by atoms with Gasteiger partial charge in [0.25, 0.3) is 0 Å². The summed E-state index contributed by atoms with van der Waals surface area (Å²) in [5.74, 6) is 1.64. The standard InChI is InChI=1S/C21H26N2O3/c1-23(19(24)17-10-21(11-17)12-26-20(25)22-21)18-8-16(9-18)15-4-2-3-14(7-15)13-5-6-13/h2-4,7,13,16-18H,5-6,8-12H2,1H3,(H,22,25). The maximum absolute atomic E-state index is 12.7. The van der Waals surface area contributed by atoms with Gasteiger partial charge in [-0.2, -0.15) is 0 Å². The highest BCUT2D eigenvalue weighted by atomic mass is 16.6. The molecule has 4 aliphatic rings.